The summed E-state index contributed by atoms with van der Waals surface area (Å²) in [4.78, 5) is 18.0. The predicted molar refractivity (Wildman–Crippen MR) is 189 cm³/mol. The molecule has 2 amide bonds. The van der Waals surface area contributed by atoms with E-state index in [2.05, 4.69) is 66.1 Å². The van der Waals surface area contributed by atoms with Gasteiger partial charge in [-0.25, -0.2) is 9.48 Å². The van der Waals surface area contributed by atoms with Gasteiger partial charge >= 0.3 is 6.03 Å². The molecule has 1 fully saturated rings. The minimum Gasteiger partial charge on any atom is -0.484 e. The Morgan fingerprint density at radius 2 is 1.80 bits per heavy atom. The van der Waals surface area contributed by atoms with E-state index in [1.165, 1.54) is 6.42 Å². The Kier molecular flexibility index (Phi) is 9.26. The van der Waals surface area contributed by atoms with Gasteiger partial charge in [0.05, 0.1) is 36.9 Å². The Labute approximate surface area is 287 Å². The number of rotatable bonds is 10. The number of likely N-dealkylation sites (N-methyl/N-ethyl adjacent to an activating group) is 1. The van der Waals surface area contributed by atoms with Gasteiger partial charge in [0.1, 0.15) is 23.4 Å². The van der Waals surface area contributed by atoms with Crippen molar-refractivity contribution in [2.45, 2.75) is 90.1 Å². The number of anilines is 2. The first-order valence-corrected chi connectivity index (χ1v) is 17.5. The number of urea groups is 1. The fourth-order valence-corrected chi connectivity index (χ4v) is 7.19. The number of nitrogens with one attached hydrogen (secondary N) is 2. The molecule has 13 heteroatoms. The van der Waals surface area contributed by atoms with Crippen molar-refractivity contribution in [2.75, 3.05) is 30.9 Å². The summed E-state index contributed by atoms with van der Waals surface area (Å²) in [6.07, 6.45) is 11.3. The third-order valence-corrected chi connectivity index (χ3v) is 9.81. The molecule has 13 nitrogen and oxygen atoms in total. The number of carbonyl (C=O) groups is 1. The second-order valence-electron chi connectivity index (χ2n) is 13.6. The van der Waals surface area contributed by atoms with Gasteiger partial charge < -0.3 is 19.9 Å². The second-order valence-corrected chi connectivity index (χ2v) is 13.6. The molecule has 2 N–H and O–H groups in total. The summed E-state index contributed by atoms with van der Waals surface area (Å²) in [5.74, 6) is 2.23. The van der Waals surface area contributed by atoms with Gasteiger partial charge in [0, 0.05) is 24.7 Å². The van der Waals surface area contributed by atoms with Crippen LogP contribution < -0.4 is 20.3 Å². The summed E-state index contributed by atoms with van der Waals surface area (Å²) >= 11 is 0. The number of carbonyl (C=O) groups excluding carboxylic acids is 1. The highest BCUT2D eigenvalue weighted by molar-refractivity contribution is 5.89. The van der Waals surface area contributed by atoms with Crippen molar-refractivity contribution in [2.24, 2.45) is 0 Å². The van der Waals surface area contributed by atoms with E-state index in [1.807, 2.05) is 68.4 Å². The van der Waals surface area contributed by atoms with Crippen LogP contribution in [0.4, 0.5) is 16.6 Å². The lowest BCUT2D eigenvalue weighted by Crippen LogP contribution is -2.44. The minimum atomic E-state index is -0.283. The maximum absolute atomic E-state index is 13.5. The number of piperidine rings is 1. The molecule has 5 heterocycles. The van der Waals surface area contributed by atoms with Crippen LogP contribution in [0, 0.1) is 0 Å². The Morgan fingerprint density at radius 1 is 1.00 bits per heavy atom. The normalized spacial score (nSPS) is 20.8. The maximum atomic E-state index is 13.5. The van der Waals surface area contributed by atoms with Gasteiger partial charge in [-0.2, -0.15) is 10.2 Å². The molecule has 0 spiro atoms. The molecule has 1 aliphatic carbocycles. The van der Waals surface area contributed by atoms with Gasteiger partial charge in [-0.05, 0) is 89.7 Å². The molecule has 49 heavy (non-hydrogen) atoms. The largest absolute Gasteiger partial charge is 0.484 e. The smallest absolute Gasteiger partial charge is 0.320 e. The maximum Gasteiger partial charge on any atom is 0.320 e. The second kappa shape index (κ2) is 13.9. The monoisotopic (exact) mass is 665 g/mol. The van der Waals surface area contributed by atoms with Gasteiger partial charge in [0.2, 0.25) is 5.95 Å². The van der Waals surface area contributed by atoms with Crippen molar-refractivity contribution in [3.05, 3.63) is 77.9 Å². The molecule has 1 aliphatic heterocycles. The number of pyridine rings is 1. The summed E-state index contributed by atoms with van der Waals surface area (Å²) in [6.45, 7) is 8.21. The molecule has 0 unspecified atom stereocenters. The first-order chi connectivity index (χ1) is 23.8. The number of hydrogen-bond donors (Lipinski definition) is 2. The molecule has 258 valence electrons. The summed E-state index contributed by atoms with van der Waals surface area (Å²) in [6, 6.07) is 14.4. The number of hydrogen-bond acceptors (Lipinski definition) is 8. The number of nitrogens with zero attached hydrogens (tertiary/aromatic N) is 9. The topological polar surface area (TPSA) is 123 Å². The fraction of sp³-hybridized carbons (Fsp3) is 0.472. The number of ether oxygens (including phenoxy) is 1. The molecule has 5 aromatic rings. The first-order valence-electron chi connectivity index (χ1n) is 17.5. The van der Waals surface area contributed by atoms with E-state index >= 15 is 0 Å². The Hall–Kier alpha value is -4.91. The molecule has 0 bridgehead atoms. The molecule has 2 aliphatic rings. The zero-order valence-corrected chi connectivity index (χ0v) is 29.1. The molecule has 4 atom stereocenters. The summed E-state index contributed by atoms with van der Waals surface area (Å²) in [7, 11) is 4.07. The van der Waals surface area contributed by atoms with Gasteiger partial charge in [0.15, 0.2) is 5.65 Å². The Morgan fingerprint density at radius 3 is 2.57 bits per heavy atom. The zero-order chi connectivity index (χ0) is 34.1. The van der Waals surface area contributed by atoms with Crippen LogP contribution in [0.3, 0.4) is 0 Å². The van der Waals surface area contributed by atoms with Crippen LogP contribution >= 0.6 is 0 Å². The average Bonchev–Trinajstić information content (AvgIpc) is 3.83. The van der Waals surface area contributed by atoms with Crippen molar-refractivity contribution in [3.63, 3.8) is 0 Å². The Balaban J connectivity index is 1.06. The van der Waals surface area contributed by atoms with Crippen LogP contribution in [-0.2, 0) is 13.0 Å². The third-order valence-electron chi connectivity index (χ3n) is 9.81. The first kappa shape index (κ1) is 32.6. The fourth-order valence-electron chi connectivity index (χ4n) is 7.19. The minimum absolute atomic E-state index is 0.153. The Bertz CT molecular complexity index is 1900. The van der Waals surface area contributed by atoms with Gasteiger partial charge in [0.25, 0.3) is 0 Å². The lowest BCUT2D eigenvalue weighted by molar-refractivity contribution is 0.171. The SMILES string of the molecule is CCc1cc(NC(=O)N[C@H]2CC[C@@H](Oc3ccc4nnc(N5[C@H](C)CCC[C@@H]5C)n4c3)c3ccccc32)n(-c2cnn(CCN(C)C)c2)n1. The van der Waals surface area contributed by atoms with Crippen LogP contribution in [0.5, 0.6) is 5.75 Å². The highest BCUT2D eigenvalue weighted by Crippen LogP contribution is 2.39. The average molecular weight is 666 g/mol. The van der Waals surface area contributed by atoms with E-state index in [0.29, 0.717) is 17.9 Å². The highest BCUT2D eigenvalue weighted by atomic mass is 16.5. The van der Waals surface area contributed by atoms with E-state index in [1.54, 1.807) is 10.9 Å². The highest BCUT2D eigenvalue weighted by Gasteiger charge is 2.31. The summed E-state index contributed by atoms with van der Waals surface area (Å²) < 4.78 is 12.4. The van der Waals surface area contributed by atoms with Gasteiger partial charge in [-0.3, -0.25) is 14.4 Å². The number of aryl methyl sites for hydroxylation is 1. The van der Waals surface area contributed by atoms with Crippen molar-refractivity contribution in [3.8, 4) is 11.4 Å². The van der Waals surface area contributed by atoms with E-state index in [0.717, 1.165) is 85.0 Å². The van der Waals surface area contributed by atoms with Crippen molar-refractivity contribution >= 4 is 23.4 Å². The van der Waals surface area contributed by atoms with E-state index in [9.17, 15) is 4.79 Å². The quantitative estimate of drug-likeness (QED) is 0.193. The van der Waals surface area contributed by atoms with E-state index in [-0.39, 0.29) is 18.2 Å². The summed E-state index contributed by atoms with van der Waals surface area (Å²) in [5.41, 5.74) is 4.62. The molecular weight excluding hydrogens is 618 g/mol. The molecule has 0 saturated carbocycles. The van der Waals surface area contributed by atoms with Crippen molar-refractivity contribution in [1.82, 2.24) is 44.4 Å². The van der Waals surface area contributed by atoms with Crippen molar-refractivity contribution in [1.29, 1.82) is 0 Å². The zero-order valence-electron chi connectivity index (χ0n) is 29.1. The van der Waals surface area contributed by atoms with Crippen LogP contribution in [0.1, 0.15) is 81.8 Å². The van der Waals surface area contributed by atoms with Crippen LogP contribution in [0.25, 0.3) is 11.3 Å². The molecule has 4 aromatic heterocycles. The lowest BCUT2D eigenvalue weighted by atomic mass is 9.85. The van der Waals surface area contributed by atoms with E-state index in [4.69, 9.17) is 9.84 Å². The number of benzene rings is 1. The summed E-state index contributed by atoms with van der Waals surface area (Å²) in [5, 5.41) is 24.5. The molecule has 7 rings (SSSR count). The lowest BCUT2D eigenvalue weighted by Gasteiger charge is -2.39. The van der Waals surface area contributed by atoms with Crippen LogP contribution in [-0.4, -0.2) is 77.8 Å². The number of amides is 2. The van der Waals surface area contributed by atoms with Crippen LogP contribution in [0.2, 0.25) is 0 Å². The molecule has 1 saturated heterocycles. The molecule has 0 radical (unpaired) electrons. The van der Waals surface area contributed by atoms with Gasteiger partial charge in [-0.15, -0.1) is 10.2 Å². The van der Waals surface area contributed by atoms with Crippen molar-refractivity contribution < 1.29 is 9.53 Å². The van der Waals surface area contributed by atoms with E-state index < -0.39 is 0 Å². The third kappa shape index (κ3) is 6.85. The predicted octanol–water partition coefficient (Wildman–Crippen LogP) is 5.78. The number of fused-ring (bicyclic) bond motifs is 2. The van der Waals surface area contributed by atoms with Gasteiger partial charge in [-0.1, -0.05) is 31.2 Å². The molecule has 1 aromatic carbocycles. The molecular formula is C36H47N11O2. The standard InChI is InChI=1S/C36H47N11O2/c1-6-26-20-34(47(42-26)27-21-37-44(22-27)19-18-43(4)5)39-35(48)38-31-15-16-32(30-13-8-7-12-29(30)31)49-28-14-17-33-40-41-36(45(33)23-28)46-24(2)10-9-11-25(46)3/h7-8,12-14,17,20-25,31-32H,6,9-11,15-16,18-19H2,1-5H3,(H2,38,39,48)/t24-,25+,31-,32+/m0/s1. The van der Waals surface area contributed by atoms with Crippen LogP contribution in [0.15, 0.2) is 61.1 Å². The number of aromatic nitrogens is 7.